The molecule has 3 rings (SSSR count). The van der Waals surface area contributed by atoms with Gasteiger partial charge in [0, 0.05) is 18.7 Å². The van der Waals surface area contributed by atoms with E-state index in [1.807, 2.05) is 24.3 Å². The number of hydrogen-bond donors (Lipinski definition) is 2. The number of nitrogens with zero attached hydrogens (tertiary/aromatic N) is 2. The number of urea groups is 1. The van der Waals surface area contributed by atoms with Gasteiger partial charge in [0.05, 0.1) is 26.2 Å². The Morgan fingerprint density at radius 1 is 1.31 bits per heavy atom. The van der Waals surface area contributed by atoms with Gasteiger partial charge in [0.2, 0.25) is 0 Å². The zero-order valence-electron chi connectivity index (χ0n) is 15.0. The molecule has 0 spiro atoms. The van der Waals surface area contributed by atoms with Crippen molar-refractivity contribution in [1.29, 1.82) is 0 Å². The minimum absolute atomic E-state index is 0.336. The van der Waals surface area contributed by atoms with Crippen LogP contribution in [0, 0.1) is 0 Å². The normalized spacial score (nSPS) is 17.2. The van der Waals surface area contributed by atoms with Crippen LogP contribution in [0.3, 0.4) is 0 Å². The molecule has 2 amide bonds. The van der Waals surface area contributed by atoms with E-state index in [9.17, 15) is 9.59 Å². The van der Waals surface area contributed by atoms with Crippen LogP contribution in [0.2, 0.25) is 0 Å². The first-order valence-corrected chi connectivity index (χ1v) is 8.36. The van der Waals surface area contributed by atoms with Gasteiger partial charge in [0.25, 0.3) is 0 Å². The molecule has 2 aromatic rings. The Morgan fingerprint density at radius 3 is 2.69 bits per heavy atom. The van der Waals surface area contributed by atoms with Crippen LogP contribution >= 0.6 is 0 Å². The third-order valence-electron chi connectivity index (χ3n) is 4.51. The summed E-state index contributed by atoms with van der Waals surface area (Å²) >= 11 is 0. The summed E-state index contributed by atoms with van der Waals surface area (Å²) in [4.78, 5) is 33.7. The summed E-state index contributed by atoms with van der Waals surface area (Å²) in [6.45, 7) is 2.10. The Bertz CT molecular complexity index is 787. The van der Waals surface area contributed by atoms with E-state index in [0.29, 0.717) is 13.0 Å². The summed E-state index contributed by atoms with van der Waals surface area (Å²) in [5.74, 6) is 0.249. The third kappa shape index (κ3) is 3.35. The molecule has 8 nitrogen and oxygen atoms in total. The Labute approximate surface area is 151 Å². The molecule has 2 heterocycles. The SMILES string of the molecule is COC(=O)C(C)NC(=O)N1CCc2[nH]cnc2C1c1ccc(OC)cc1. The highest BCUT2D eigenvalue weighted by molar-refractivity contribution is 5.83. The predicted octanol–water partition coefficient (Wildman–Crippen LogP) is 1.64. The summed E-state index contributed by atoms with van der Waals surface area (Å²) in [6.07, 6.45) is 2.31. The van der Waals surface area contributed by atoms with Crippen LogP contribution < -0.4 is 10.1 Å². The molecule has 8 heteroatoms. The number of fused-ring (bicyclic) bond motifs is 1. The molecule has 138 valence electrons. The van der Waals surface area contributed by atoms with Gasteiger partial charge in [-0.1, -0.05) is 12.1 Å². The van der Waals surface area contributed by atoms with Crippen molar-refractivity contribution in [2.24, 2.45) is 0 Å². The lowest BCUT2D eigenvalue weighted by Crippen LogP contribution is -2.50. The van der Waals surface area contributed by atoms with E-state index in [1.165, 1.54) is 7.11 Å². The van der Waals surface area contributed by atoms with Gasteiger partial charge in [-0.15, -0.1) is 0 Å². The summed E-state index contributed by atoms with van der Waals surface area (Å²) < 4.78 is 9.89. The molecular weight excluding hydrogens is 336 g/mol. The zero-order valence-corrected chi connectivity index (χ0v) is 15.0. The number of hydrogen-bond acceptors (Lipinski definition) is 5. The minimum atomic E-state index is -0.732. The number of aromatic nitrogens is 2. The molecule has 0 radical (unpaired) electrons. The largest absolute Gasteiger partial charge is 0.497 e. The number of imidazole rings is 1. The number of rotatable bonds is 4. The van der Waals surface area contributed by atoms with Crippen LogP contribution in [-0.4, -0.2) is 53.7 Å². The smallest absolute Gasteiger partial charge is 0.328 e. The van der Waals surface area contributed by atoms with Crippen molar-refractivity contribution in [2.75, 3.05) is 20.8 Å². The highest BCUT2D eigenvalue weighted by Gasteiger charge is 2.35. The second-order valence-electron chi connectivity index (χ2n) is 6.08. The number of benzene rings is 1. The number of ether oxygens (including phenoxy) is 2. The van der Waals surface area contributed by atoms with Crippen LogP contribution in [0.4, 0.5) is 4.79 Å². The van der Waals surface area contributed by atoms with Crippen LogP contribution in [0.1, 0.15) is 29.9 Å². The number of nitrogens with one attached hydrogen (secondary N) is 2. The average Bonchev–Trinajstić information content (AvgIpc) is 3.15. The van der Waals surface area contributed by atoms with Crippen molar-refractivity contribution < 1.29 is 19.1 Å². The fourth-order valence-corrected chi connectivity index (χ4v) is 3.12. The number of aromatic amines is 1. The van der Waals surface area contributed by atoms with E-state index < -0.39 is 12.0 Å². The maximum Gasteiger partial charge on any atom is 0.328 e. The van der Waals surface area contributed by atoms with Gasteiger partial charge in [-0.05, 0) is 24.6 Å². The highest BCUT2D eigenvalue weighted by Crippen LogP contribution is 2.34. The van der Waals surface area contributed by atoms with E-state index in [1.54, 1.807) is 25.3 Å². The van der Waals surface area contributed by atoms with Crippen molar-refractivity contribution in [1.82, 2.24) is 20.2 Å². The fourth-order valence-electron chi connectivity index (χ4n) is 3.12. The maximum absolute atomic E-state index is 12.8. The standard InChI is InChI=1S/C18H22N4O4/c1-11(17(23)26-3)21-18(24)22-9-8-14-15(20-10-19-14)16(22)12-4-6-13(25-2)7-5-12/h4-7,10-11,16H,8-9H2,1-3H3,(H,19,20)(H,21,24). The summed E-state index contributed by atoms with van der Waals surface area (Å²) in [6, 6.07) is 6.12. The van der Waals surface area contributed by atoms with E-state index in [2.05, 4.69) is 20.0 Å². The zero-order chi connectivity index (χ0) is 18.7. The quantitative estimate of drug-likeness (QED) is 0.810. The van der Waals surface area contributed by atoms with E-state index in [4.69, 9.17) is 4.74 Å². The van der Waals surface area contributed by atoms with Gasteiger partial charge in [-0.25, -0.2) is 14.6 Å². The molecule has 0 saturated heterocycles. The molecule has 1 aliphatic rings. The molecule has 1 aromatic carbocycles. The van der Waals surface area contributed by atoms with Crippen LogP contribution in [0.15, 0.2) is 30.6 Å². The summed E-state index contributed by atoms with van der Waals surface area (Å²) in [7, 11) is 2.90. The number of H-pyrrole nitrogens is 1. The summed E-state index contributed by atoms with van der Waals surface area (Å²) in [5.41, 5.74) is 2.73. The Balaban J connectivity index is 1.90. The average molecular weight is 358 g/mol. The van der Waals surface area contributed by atoms with E-state index >= 15 is 0 Å². The number of carbonyl (C=O) groups is 2. The molecule has 1 aliphatic heterocycles. The minimum Gasteiger partial charge on any atom is -0.497 e. The molecule has 2 N–H and O–H groups in total. The first-order chi connectivity index (χ1) is 12.5. The number of methoxy groups -OCH3 is 2. The van der Waals surface area contributed by atoms with Crippen LogP contribution in [-0.2, 0) is 16.0 Å². The van der Waals surface area contributed by atoms with Crippen molar-refractivity contribution in [3.8, 4) is 5.75 Å². The van der Waals surface area contributed by atoms with Crippen LogP contribution in [0.25, 0.3) is 0 Å². The molecule has 1 aromatic heterocycles. The van der Waals surface area contributed by atoms with Crippen molar-refractivity contribution in [3.05, 3.63) is 47.5 Å². The number of amides is 2. The molecule has 0 aliphatic carbocycles. The van der Waals surface area contributed by atoms with E-state index in [-0.39, 0.29) is 12.1 Å². The van der Waals surface area contributed by atoms with Gasteiger partial charge < -0.3 is 24.7 Å². The van der Waals surface area contributed by atoms with Crippen molar-refractivity contribution >= 4 is 12.0 Å². The molecule has 0 fully saturated rings. The van der Waals surface area contributed by atoms with Crippen LogP contribution in [0.5, 0.6) is 5.75 Å². The first-order valence-electron chi connectivity index (χ1n) is 8.36. The lowest BCUT2D eigenvalue weighted by Gasteiger charge is -2.35. The van der Waals surface area contributed by atoms with E-state index in [0.717, 1.165) is 22.7 Å². The Morgan fingerprint density at radius 2 is 2.04 bits per heavy atom. The predicted molar refractivity (Wildman–Crippen MR) is 93.8 cm³/mol. The van der Waals surface area contributed by atoms with Gasteiger partial charge in [-0.2, -0.15) is 0 Å². The molecular formula is C18H22N4O4. The number of carbonyl (C=O) groups excluding carboxylic acids is 2. The maximum atomic E-state index is 12.8. The monoisotopic (exact) mass is 358 g/mol. The Hall–Kier alpha value is -3.03. The molecule has 2 unspecified atom stereocenters. The number of esters is 1. The highest BCUT2D eigenvalue weighted by atomic mass is 16.5. The van der Waals surface area contributed by atoms with Gasteiger partial charge in [-0.3, -0.25) is 0 Å². The molecule has 26 heavy (non-hydrogen) atoms. The molecule has 0 bridgehead atoms. The lowest BCUT2D eigenvalue weighted by atomic mass is 9.96. The Kier molecular flexibility index (Phi) is 5.11. The summed E-state index contributed by atoms with van der Waals surface area (Å²) in [5, 5.41) is 2.70. The van der Waals surface area contributed by atoms with Crippen molar-refractivity contribution in [3.63, 3.8) is 0 Å². The lowest BCUT2D eigenvalue weighted by molar-refractivity contribution is -0.142. The van der Waals surface area contributed by atoms with Gasteiger partial charge in [0.15, 0.2) is 0 Å². The molecule has 2 atom stereocenters. The third-order valence-corrected chi connectivity index (χ3v) is 4.51. The molecule has 0 saturated carbocycles. The van der Waals surface area contributed by atoms with Gasteiger partial charge in [0.1, 0.15) is 17.8 Å². The first kappa shape index (κ1) is 17.8. The second-order valence-corrected chi connectivity index (χ2v) is 6.08. The second kappa shape index (κ2) is 7.47. The fraction of sp³-hybridized carbons (Fsp3) is 0.389. The van der Waals surface area contributed by atoms with Gasteiger partial charge >= 0.3 is 12.0 Å². The van der Waals surface area contributed by atoms with Crippen molar-refractivity contribution in [2.45, 2.75) is 25.4 Å². The topological polar surface area (TPSA) is 96.6 Å².